The number of ether oxygens (including phenoxy) is 1. The van der Waals surface area contributed by atoms with Crippen LogP contribution in [0.3, 0.4) is 0 Å². The summed E-state index contributed by atoms with van der Waals surface area (Å²) in [4.78, 5) is 30.4. The molecule has 24 heavy (non-hydrogen) atoms. The largest absolute Gasteiger partial charge is 0.387 e. The van der Waals surface area contributed by atoms with Gasteiger partial charge in [-0.1, -0.05) is 0 Å². The molecule has 3 heterocycles. The summed E-state index contributed by atoms with van der Waals surface area (Å²) in [6.07, 6.45) is 3.92. The highest BCUT2D eigenvalue weighted by molar-refractivity contribution is 5.79. The maximum absolute atomic E-state index is 12.7. The SMILES string of the molecule is O=C(CO)N1CCC(N2CCC[C@@H](C(=O)N3CCOCC3)C2)CC1. The van der Waals surface area contributed by atoms with Crippen molar-refractivity contribution in [3.8, 4) is 0 Å². The Hall–Kier alpha value is -1.18. The summed E-state index contributed by atoms with van der Waals surface area (Å²) in [5, 5.41) is 8.97. The van der Waals surface area contributed by atoms with Gasteiger partial charge >= 0.3 is 0 Å². The van der Waals surface area contributed by atoms with Gasteiger partial charge in [0, 0.05) is 38.8 Å². The first-order valence-corrected chi connectivity index (χ1v) is 9.18. The molecule has 0 aromatic carbocycles. The van der Waals surface area contributed by atoms with E-state index >= 15 is 0 Å². The van der Waals surface area contributed by atoms with Gasteiger partial charge in [0.25, 0.3) is 0 Å². The second kappa shape index (κ2) is 8.27. The summed E-state index contributed by atoms with van der Waals surface area (Å²) < 4.78 is 5.34. The summed E-state index contributed by atoms with van der Waals surface area (Å²) in [7, 11) is 0. The van der Waals surface area contributed by atoms with Crippen molar-refractivity contribution in [2.45, 2.75) is 31.7 Å². The van der Waals surface area contributed by atoms with Crippen molar-refractivity contribution < 1.29 is 19.4 Å². The van der Waals surface area contributed by atoms with E-state index in [-0.39, 0.29) is 17.7 Å². The van der Waals surface area contributed by atoms with E-state index in [1.165, 1.54) is 0 Å². The Morgan fingerprint density at radius 3 is 2.33 bits per heavy atom. The van der Waals surface area contributed by atoms with Crippen molar-refractivity contribution in [1.82, 2.24) is 14.7 Å². The number of morpholine rings is 1. The smallest absolute Gasteiger partial charge is 0.248 e. The van der Waals surface area contributed by atoms with Gasteiger partial charge in [-0.15, -0.1) is 0 Å². The van der Waals surface area contributed by atoms with Crippen LogP contribution in [0.5, 0.6) is 0 Å². The van der Waals surface area contributed by atoms with Crippen LogP contribution in [0, 0.1) is 5.92 Å². The van der Waals surface area contributed by atoms with Crippen molar-refractivity contribution in [2.75, 3.05) is 59.1 Å². The van der Waals surface area contributed by atoms with Crippen molar-refractivity contribution in [3.05, 3.63) is 0 Å². The minimum Gasteiger partial charge on any atom is -0.387 e. The number of hydrogen-bond acceptors (Lipinski definition) is 5. The first kappa shape index (κ1) is 17.6. The molecule has 1 atom stereocenters. The Kier molecular flexibility index (Phi) is 6.08. The fraction of sp³-hybridized carbons (Fsp3) is 0.882. The molecule has 1 N–H and O–H groups in total. The number of aliphatic hydroxyl groups is 1. The Balaban J connectivity index is 1.50. The molecule has 136 valence electrons. The highest BCUT2D eigenvalue weighted by Gasteiger charge is 2.34. The fourth-order valence-electron chi connectivity index (χ4n) is 4.16. The first-order valence-electron chi connectivity index (χ1n) is 9.18. The normalized spacial score (nSPS) is 27.3. The molecule has 0 unspecified atom stereocenters. The maximum atomic E-state index is 12.7. The van der Waals surface area contributed by atoms with E-state index < -0.39 is 6.61 Å². The van der Waals surface area contributed by atoms with Crippen LogP contribution in [0.25, 0.3) is 0 Å². The van der Waals surface area contributed by atoms with Crippen LogP contribution < -0.4 is 0 Å². The number of rotatable bonds is 3. The molecule has 0 aromatic heterocycles. The van der Waals surface area contributed by atoms with Gasteiger partial charge in [0.15, 0.2) is 0 Å². The number of nitrogens with zero attached hydrogens (tertiary/aromatic N) is 3. The van der Waals surface area contributed by atoms with Gasteiger partial charge in [0.05, 0.1) is 19.1 Å². The molecule has 0 spiro atoms. The molecular weight excluding hydrogens is 310 g/mol. The molecular formula is C17H29N3O4. The van der Waals surface area contributed by atoms with E-state index in [9.17, 15) is 9.59 Å². The molecule has 0 bridgehead atoms. The number of piperidine rings is 2. The number of aliphatic hydroxyl groups excluding tert-OH is 1. The highest BCUT2D eigenvalue weighted by atomic mass is 16.5. The van der Waals surface area contributed by atoms with Gasteiger partial charge in [-0.05, 0) is 32.2 Å². The molecule has 7 nitrogen and oxygen atoms in total. The third-order valence-electron chi connectivity index (χ3n) is 5.59. The predicted molar refractivity (Wildman–Crippen MR) is 88.4 cm³/mol. The number of hydrogen-bond donors (Lipinski definition) is 1. The molecule has 0 aliphatic carbocycles. The van der Waals surface area contributed by atoms with Crippen LogP contribution in [0.2, 0.25) is 0 Å². The zero-order valence-electron chi connectivity index (χ0n) is 14.4. The fourth-order valence-corrected chi connectivity index (χ4v) is 4.16. The van der Waals surface area contributed by atoms with E-state index in [1.807, 2.05) is 4.90 Å². The molecule has 3 aliphatic rings. The van der Waals surface area contributed by atoms with E-state index in [1.54, 1.807) is 4.90 Å². The molecule has 0 aromatic rings. The molecule has 3 fully saturated rings. The quantitative estimate of drug-likeness (QED) is 0.753. The number of likely N-dealkylation sites (tertiary alicyclic amines) is 2. The standard InChI is InChI=1S/C17H29N3O4/c21-13-16(22)18-6-3-15(4-7-18)20-5-1-2-14(12-20)17(23)19-8-10-24-11-9-19/h14-15,21H,1-13H2/t14-/m1/s1. The van der Waals surface area contributed by atoms with E-state index in [0.29, 0.717) is 32.3 Å². The number of carbonyl (C=O) groups is 2. The topological polar surface area (TPSA) is 73.3 Å². The van der Waals surface area contributed by atoms with Crippen LogP contribution in [0.4, 0.5) is 0 Å². The van der Waals surface area contributed by atoms with Gasteiger partial charge in [-0.3, -0.25) is 14.5 Å². The van der Waals surface area contributed by atoms with Crippen LogP contribution >= 0.6 is 0 Å². The summed E-state index contributed by atoms with van der Waals surface area (Å²) in [5.74, 6) is 0.220. The van der Waals surface area contributed by atoms with Crippen LogP contribution in [0.15, 0.2) is 0 Å². The summed E-state index contributed by atoms with van der Waals surface area (Å²) in [6, 6.07) is 0.452. The monoisotopic (exact) mass is 339 g/mol. The lowest BCUT2D eigenvalue weighted by atomic mass is 9.92. The number of carbonyl (C=O) groups excluding carboxylic acids is 2. The Labute approximate surface area is 143 Å². The van der Waals surface area contributed by atoms with Gasteiger partial charge in [-0.2, -0.15) is 0 Å². The van der Waals surface area contributed by atoms with Crippen molar-refractivity contribution in [3.63, 3.8) is 0 Å². The maximum Gasteiger partial charge on any atom is 0.248 e. The molecule has 2 amide bonds. The molecule has 3 aliphatic heterocycles. The molecule has 7 heteroatoms. The second-order valence-corrected chi connectivity index (χ2v) is 7.04. The molecule has 0 saturated carbocycles. The lowest BCUT2D eigenvalue weighted by Gasteiger charge is -2.43. The first-order chi connectivity index (χ1) is 11.7. The summed E-state index contributed by atoms with van der Waals surface area (Å²) in [6.45, 7) is 5.66. The molecule has 0 radical (unpaired) electrons. The molecule has 3 rings (SSSR count). The van der Waals surface area contributed by atoms with Crippen LogP contribution in [-0.4, -0.2) is 96.8 Å². The average molecular weight is 339 g/mol. The Morgan fingerprint density at radius 2 is 1.67 bits per heavy atom. The van der Waals surface area contributed by atoms with Gasteiger partial charge < -0.3 is 19.6 Å². The zero-order chi connectivity index (χ0) is 16.9. The second-order valence-electron chi connectivity index (χ2n) is 7.04. The summed E-state index contributed by atoms with van der Waals surface area (Å²) in [5.41, 5.74) is 0. The minimum atomic E-state index is -0.398. The average Bonchev–Trinajstić information content (AvgIpc) is 2.67. The van der Waals surface area contributed by atoms with Gasteiger partial charge in [0.2, 0.25) is 11.8 Å². The van der Waals surface area contributed by atoms with Crippen molar-refractivity contribution >= 4 is 11.8 Å². The van der Waals surface area contributed by atoms with Crippen molar-refractivity contribution in [1.29, 1.82) is 0 Å². The zero-order valence-corrected chi connectivity index (χ0v) is 14.4. The number of amides is 2. The lowest BCUT2D eigenvalue weighted by Crippen LogP contribution is -2.53. The van der Waals surface area contributed by atoms with E-state index in [4.69, 9.17) is 9.84 Å². The third-order valence-corrected chi connectivity index (χ3v) is 5.59. The van der Waals surface area contributed by atoms with Gasteiger partial charge in [0.1, 0.15) is 6.61 Å². The predicted octanol–water partition coefficient (Wildman–Crippen LogP) is -0.459. The lowest BCUT2D eigenvalue weighted by molar-refractivity contribution is -0.142. The van der Waals surface area contributed by atoms with Crippen molar-refractivity contribution in [2.24, 2.45) is 5.92 Å². The Morgan fingerprint density at radius 1 is 0.958 bits per heavy atom. The van der Waals surface area contributed by atoms with Gasteiger partial charge in [-0.25, -0.2) is 0 Å². The highest BCUT2D eigenvalue weighted by Crippen LogP contribution is 2.25. The molecule has 3 saturated heterocycles. The third kappa shape index (κ3) is 4.07. The van der Waals surface area contributed by atoms with Crippen LogP contribution in [-0.2, 0) is 14.3 Å². The van der Waals surface area contributed by atoms with E-state index in [0.717, 1.165) is 51.9 Å². The van der Waals surface area contributed by atoms with Crippen LogP contribution in [0.1, 0.15) is 25.7 Å². The summed E-state index contributed by atoms with van der Waals surface area (Å²) >= 11 is 0. The van der Waals surface area contributed by atoms with E-state index in [2.05, 4.69) is 4.90 Å². The Bertz CT molecular complexity index is 445. The minimum absolute atomic E-state index is 0.106.